The molecule has 0 heterocycles. The minimum Gasteiger partial charge on any atom is -0.491 e. The second-order valence-corrected chi connectivity index (χ2v) is 6.70. The van der Waals surface area contributed by atoms with Crippen LogP contribution in [0.5, 0.6) is 5.75 Å². The first kappa shape index (κ1) is 16.9. The fourth-order valence-corrected chi connectivity index (χ4v) is 2.60. The van der Waals surface area contributed by atoms with Crippen LogP contribution in [0.15, 0.2) is 17.0 Å². The van der Waals surface area contributed by atoms with E-state index in [1.165, 1.54) is 6.07 Å². The van der Waals surface area contributed by atoms with E-state index in [4.69, 9.17) is 14.6 Å². The molecule has 0 saturated heterocycles. The molecule has 0 aliphatic heterocycles. The van der Waals surface area contributed by atoms with Crippen LogP contribution in [0.1, 0.15) is 25.0 Å². The average Bonchev–Trinajstić information content (AvgIpc) is 2.32. The molecule has 1 rings (SSSR count). The predicted octanol–water partition coefficient (Wildman–Crippen LogP) is 2.00. The molecule has 1 aromatic carbocycles. The molecule has 0 saturated carbocycles. The second-order valence-electron chi connectivity index (χ2n) is 5.17. The Balaban J connectivity index is 2.67. The van der Waals surface area contributed by atoms with Crippen molar-refractivity contribution in [3.8, 4) is 5.75 Å². The van der Waals surface area contributed by atoms with E-state index in [1.807, 2.05) is 6.92 Å². The Morgan fingerprint density at radius 2 is 1.80 bits per heavy atom. The molecule has 5 nitrogen and oxygen atoms in total. The molecule has 2 N–H and O–H groups in total. The SMILES string of the molecule is Cc1c(OCCOCC(C)C)ccc(S(N)(=O)=O)c1C. The van der Waals surface area contributed by atoms with E-state index < -0.39 is 10.0 Å². The molecule has 114 valence electrons. The second kappa shape index (κ2) is 7.06. The van der Waals surface area contributed by atoms with Crippen molar-refractivity contribution in [1.82, 2.24) is 0 Å². The van der Waals surface area contributed by atoms with Crippen LogP contribution < -0.4 is 9.88 Å². The van der Waals surface area contributed by atoms with Gasteiger partial charge < -0.3 is 9.47 Å². The molecule has 0 aliphatic rings. The van der Waals surface area contributed by atoms with Gasteiger partial charge in [-0.05, 0) is 43.0 Å². The van der Waals surface area contributed by atoms with Gasteiger partial charge in [0.25, 0.3) is 0 Å². The molecule has 0 atom stereocenters. The summed E-state index contributed by atoms with van der Waals surface area (Å²) in [5, 5.41) is 5.16. The minimum absolute atomic E-state index is 0.137. The number of sulfonamides is 1. The van der Waals surface area contributed by atoms with E-state index >= 15 is 0 Å². The first-order valence-corrected chi connectivity index (χ1v) is 8.11. The summed E-state index contributed by atoms with van der Waals surface area (Å²) in [6, 6.07) is 3.10. The van der Waals surface area contributed by atoms with Gasteiger partial charge >= 0.3 is 0 Å². The molecule has 0 spiro atoms. The van der Waals surface area contributed by atoms with Crippen LogP contribution >= 0.6 is 0 Å². The summed E-state index contributed by atoms with van der Waals surface area (Å²) in [5.41, 5.74) is 1.40. The van der Waals surface area contributed by atoms with E-state index in [-0.39, 0.29) is 4.90 Å². The van der Waals surface area contributed by atoms with Gasteiger partial charge in [-0.2, -0.15) is 0 Å². The van der Waals surface area contributed by atoms with Gasteiger partial charge in [-0.1, -0.05) is 13.8 Å². The number of ether oxygens (including phenoxy) is 2. The van der Waals surface area contributed by atoms with Crippen molar-refractivity contribution in [2.24, 2.45) is 11.1 Å². The summed E-state index contributed by atoms with van der Waals surface area (Å²) in [4.78, 5) is 0.137. The van der Waals surface area contributed by atoms with Crippen molar-refractivity contribution in [2.45, 2.75) is 32.6 Å². The number of hydrogen-bond donors (Lipinski definition) is 1. The Labute approximate surface area is 121 Å². The lowest BCUT2D eigenvalue weighted by Crippen LogP contribution is -2.15. The molecular weight excluding hydrogens is 278 g/mol. The zero-order chi connectivity index (χ0) is 15.3. The normalized spacial score (nSPS) is 11.9. The third kappa shape index (κ3) is 4.77. The monoisotopic (exact) mass is 301 g/mol. The highest BCUT2D eigenvalue weighted by Gasteiger charge is 2.15. The van der Waals surface area contributed by atoms with Gasteiger partial charge in [-0.25, -0.2) is 13.6 Å². The number of primary sulfonamides is 1. The van der Waals surface area contributed by atoms with E-state index in [0.29, 0.717) is 37.1 Å². The Kier molecular flexibility index (Phi) is 5.98. The third-order valence-electron chi connectivity index (χ3n) is 2.93. The summed E-state index contributed by atoms with van der Waals surface area (Å²) in [7, 11) is -3.69. The number of nitrogens with two attached hydrogens (primary N) is 1. The fraction of sp³-hybridized carbons (Fsp3) is 0.571. The molecular formula is C14H23NO4S. The van der Waals surface area contributed by atoms with Crippen LogP contribution in [-0.4, -0.2) is 28.2 Å². The van der Waals surface area contributed by atoms with Crippen molar-refractivity contribution in [1.29, 1.82) is 0 Å². The highest BCUT2D eigenvalue weighted by Crippen LogP contribution is 2.26. The van der Waals surface area contributed by atoms with Gasteiger partial charge in [0.15, 0.2) is 0 Å². The topological polar surface area (TPSA) is 78.6 Å². The summed E-state index contributed by atoms with van der Waals surface area (Å²) in [6.45, 7) is 9.34. The van der Waals surface area contributed by atoms with Crippen molar-refractivity contribution in [3.63, 3.8) is 0 Å². The smallest absolute Gasteiger partial charge is 0.238 e. The van der Waals surface area contributed by atoms with Gasteiger partial charge in [0.1, 0.15) is 12.4 Å². The molecule has 0 amide bonds. The lowest BCUT2D eigenvalue weighted by atomic mass is 10.1. The standard InChI is InChI=1S/C14H23NO4S/c1-10(2)9-18-7-8-19-13-5-6-14(20(15,16)17)12(4)11(13)3/h5-6,10H,7-9H2,1-4H3,(H2,15,16,17). The van der Waals surface area contributed by atoms with Crippen LogP contribution in [0.25, 0.3) is 0 Å². The van der Waals surface area contributed by atoms with Gasteiger partial charge in [-0.3, -0.25) is 0 Å². The predicted molar refractivity (Wildman–Crippen MR) is 78.4 cm³/mol. The van der Waals surface area contributed by atoms with Gasteiger partial charge in [-0.15, -0.1) is 0 Å². The zero-order valence-electron chi connectivity index (χ0n) is 12.5. The van der Waals surface area contributed by atoms with E-state index in [1.54, 1.807) is 13.0 Å². The Bertz CT molecular complexity index is 553. The van der Waals surface area contributed by atoms with Crippen LogP contribution in [0.2, 0.25) is 0 Å². The number of rotatable bonds is 7. The Morgan fingerprint density at radius 1 is 1.15 bits per heavy atom. The summed E-state index contributed by atoms with van der Waals surface area (Å²) in [6.07, 6.45) is 0. The van der Waals surface area contributed by atoms with E-state index in [2.05, 4.69) is 13.8 Å². The lowest BCUT2D eigenvalue weighted by molar-refractivity contribution is 0.0817. The van der Waals surface area contributed by atoms with Crippen LogP contribution in [0, 0.1) is 19.8 Å². The molecule has 0 bridgehead atoms. The molecule has 0 fully saturated rings. The fourth-order valence-electron chi connectivity index (χ4n) is 1.77. The maximum atomic E-state index is 11.4. The number of hydrogen-bond acceptors (Lipinski definition) is 4. The van der Waals surface area contributed by atoms with Gasteiger partial charge in [0, 0.05) is 6.61 Å². The molecule has 1 aromatic rings. The largest absolute Gasteiger partial charge is 0.491 e. The van der Waals surface area contributed by atoms with E-state index in [9.17, 15) is 8.42 Å². The molecule has 0 aromatic heterocycles. The summed E-state index contributed by atoms with van der Waals surface area (Å²) in [5.74, 6) is 1.15. The lowest BCUT2D eigenvalue weighted by Gasteiger charge is -2.14. The van der Waals surface area contributed by atoms with Crippen molar-refractivity contribution < 1.29 is 17.9 Å². The van der Waals surface area contributed by atoms with Crippen molar-refractivity contribution in [3.05, 3.63) is 23.3 Å². The molecule has 6 heteroatoms. The quantitative estimate of drug-likeness (QED) is 0.781. The molecule has 20 heavy (non-hydrogen) atoms. The Morgan fingerprint density at radius 3 is 2.35 bits per heavy atom. The van der Waals surface area contributed by atoms with Crippen LogP contribution in [0.3, 0.4) is 0 Å². The highest BCUT2D eigenvalue weighted by atomic mass is 32.2. The van der Waals surface area contributed by atoms with Crippen molar-refractivity contribution in [2.75, 3.05) is 19.8 Å². The first-order valence-electron chi connectivity index (χ1n) is 6.57. The number of benzene rings is 1. The molecule has 0 unspecified atom stereocenters. The van der Waals surface area contributed by atoms with Crippen molar-refractivity contribution >= 4 is 10.0 Å². The summed E-state index contributed by atoms with van der Waals surface area (Å²) < 4.78 is 33.8. The maximum Gasteiger partial charge on any atom is 0.238 e. The average molecular weight is 301 g/mol. The van der Waals surface area contributed by atoms with Gasteiger partial charge in [0.2, 0.25) is 10.0 Å². The molecule has 0 aliphatic carbocycles. The maximum absolute atomic E-state index is 11.4. The van der Waals surface area contributed by atoms with E-state index in [0.717, 1.165) is 5.56 Å². The molecule has 0 radical (unpaired) electrons. The highest BCUT2D eigenvalue weighted by molar-refractivity contribution is 7.89. The first-order chi connectivity index (χ1) is 9.23. The third-order valence-corrected chi connectivity index (χ3v) is 3.99. The Hall–Kier alpha value is -1.11. The summed E-state index contributed by atoms with van der Waals surface area (Å²) >= 11 is 0. The zero-order valence-corrected chi connectivity index (χ0v) is 13.3. The minimum atomic E-state index is -3.69. The van der Waals surface area contributed by atoms with Gasteiger partial charge in [0.05, 0.1) is 11.5 Å². The van der Waals surface area contributed by atoms with Crippen LogP contribution in [0.4, 0.5) is 0 Å². The van der Waals surface area contributed by atoms with Crippen LogP contribution in [-0.2, 0) is 14.8 Å².